The molecule has 0 radical (unpaired) electrons. The Hall–Kier alpha value is -3.92. The van der Waals surface area contributed by atoms with Crippen LogP contribution in [0.1, 0.15) is 35.1 Å². The van der Waals surface area contributed by atoms with Crippen LogP contribution in [0.2, 0.25) is 5.02 Å². The zero-order chi connectivity index (χ0) is 28.9. The molecule has 7 nitrogen and oxygen atoms in total. The van der Waals surface area contributed by atoms with Crippen molar-refractivity contribution in [3.63, 3.8) is 0 Å². The minimum Gasteiger partial charge on any atom is -0.489 e. The molecule has 2 heterocycles. The van der Waals surface area contributed by atoms with E-state index >= 15 is 0 Å². The molecule has 0 saturated heterocycles. The summed E-state index contributed by atoms with van der Waals surface area (Å²) < 4.78 is 5.79. The van der Waals surface area contributed by atoms with Crippen LogP contribution >= 0.6 is 34.7 Å². The number of amides is 1. The quantitative estimate of drug-likeness (QED) is 0.0806. The normalized spacial score (nSPS) is 12.9. The average molecular weight is 615 g/mol. The van der Waals surface area contributed by atoms with Gasteiger partial charge in [0.1, 0.15) is 17.2 Å². The van der Waals surface area contributed by atoms with E-state index in [0.29, 0.717) is 32.8 Å². The van der Waals surface area contributed by atoms with E-state index in [-0.39, 0.29) is 17.2 Å². The second-order valence-corrected chi connectivity index (χ2v) is 12.2. The second kappa shape index (κ2) is 12.9. The van der Waals surface area contributed by atoms with Crippen LogP contribution in [0.5, 0.6) is 5.75 Å². The monoisotopic (exact) mass is 614 g/mol. The van der Waals surface area contributed by atoms with Crippen molar-refractivity contribution in [2.45, 2.75) is 37.4 Å². The fourth-order valence-electron chi connectivity index (χ4n) is 4.88. The summed E-state index contributed by atoms with van der Waals surface area (Å²) in [5, 5.41) is 7.69. The molecule has 0 atom stereocenters. The maximum atomic E-state index is 13.0. The van der Waals surface area contributed by atoms with E-state index in [1.165, 1.54) is 35.3 Å². The highest BCUT2D eigenvalue weighted by Gasteiger charge is 2.16. The summed E-state index contributed by atoms with van der Waals surface area (Å²) in [4.78, 5) is 33.5. The standard InChI is InChI=1S/C32H27ClN4O3S2/c33-27-8-4-3-7-24(27)17-40-25-13-9-20(10-14-25)16-34-37-28(38)19-42-32-35-30(39)29-26(18-41-31(29)36-32)23-12-11-21-5-1-2-6-22(21)15-23/h3-4,7-16,18H,1-2,5-6,17,19H2,(H,37,38)(H,35,36,39)/b34-16+. The van der Waals surface area contributed by atoms with E-state index in [2.05, 4.69) is 38.7 Å². The first-order valence-electron chi connectivity index (χ1n) is 13.6. The van der Waals surface area contributed by atoms with Gasteiger partial charge >= 0.3 is 0 Å². The summed E-state index contributed by atoms with van der Waals surface area (Å²) in [6.45, 7) is 0.371. The van der Waals surface area contributed by atoms with E-state index in [9.17, 15) is 9.59 Å². The number of hydrogen-bond donors (Lipinski definition) is 2. The lowest BCUT2D eigenvalue weighted by atomic mass is 9.89. The summed E-state index contributed by atoms with van der Waals surface area (Å²) in [6.07, 6.45) is 6.20. The number of H-pyrrole nitrogens is 1. The number of aryl methyl sites for hydroxylation is 2. The number of carbonyl (C=O) groups excluding carboxylic acids is 1. The summed E-state index contributed by atoms with van der Waals surface area (Å²) >= 11 is 8.78. The number of nitrogens with one attached hydrogen (secondary N) is 2. The van der Waals surface area contributed by atoms with Gasteiger partial charge < -0.3 is 9.72 Å². The van der Waals surface area contributed by atoms with Gasteiger partial charge in [-0.1, -0.05) is 59.8 Å². The number of hydrogen-bond acceptors (Lipinski definition) is 7. The molecule has 1 aliphatic carbocycles. The molecule has 2 N–H and O–H groups in total. The third-order valence-corrected chi connectivity index (χ3v) is 9.17. The molecule has 10 heteroatoms. The van der Waals surface area contributed by atoms with Crippen molar-refractivity contribution in [1.29, 1.82) is 0 Å². The Bertz CT molecular complexity index is 1830. The van der Waals surface area contributed by atoms with Gasteiger partial charge in [-0.05, 0) is 78.3 Å². The average Bonchev–Trinajstić information content (AvgIpc) is 3.45. The van der Waals surface area contributed by atoms with Crippen molar-refractivity contribution in [3.05, 3.63) is 110 Å². The topological polar surface area (TPSA) is 96.4 Å². The predicted octanol–water partition coefficient (Wildman–Crippen LogP) is 7.01. The molecule has 0 fully saturated rings. The van der Waals surface area contributed by atoms with Gasteiger partial charge in [-0.2, -0.15) is 5.10 Å². The van der Waals surface area contributed by atoms with Crippen molar-refractivity contribution in [2.75, 3.05) is 5.75 Å². The molecule has 3 aromatic carbocycles. The molecular weight excluding hydrogens is 588 g/mol. The van der Waals surface area contributed by atoms with Crippen molar-refractivity contribution in [1.82, 2.24) is 15.4 Å². The largest absolute Gasteiger partial charge is 0.489 e. The molecule has 1 amide bonds. The number of carbonyl (C=O) groups is 1. The second-order valence-electron chi connectivity index (χ2n) is 9.92. The number of thioether (sulfide) groups is 1. The fraction of sp³-hybridized carbons (Fsp3) is 0.188. The van der Waals surface area contributed by atoms with E-state index < -0.39 is 0 Å². The lowest BCUT2D eigenvalue weighted by Gasteiger charge is -2.16. The van der Waals surface area contributed by atoms with Gasteiger partial charge in [0, 0.05) is 21.5 Å². The van der Waals surface area contributed by atoms with Crippen molar-refractivity contribution >= 4 is 57.0 Å². The summed E-state index contributed by atoms with van der Waals surface area (Å²) in [6, 6.07) is 21.4. The first-order chi connectivity index (χ1) is 20.5. The van der Waals surface area contributed by atoms with Crippen LogP contribution in [-0.2, 0) is 24.2 Å². The Morgan fingerprint density at radius 3 is 2.74 bits per heavy atom. The molecule has 0 unspecified atom stereocenters. The number of fused-ring (bicyclic) bond motifs is 2. The molecule has 212 valence electrons. The van der Waals surface area contributed by atoms with Gasteiger partial charge in [0.15, 0.2) is 5.16 Å². The molecule has 2 aromatic heterocycles. The number of ether oxygens (including phenoxy) is 1. The highest BCUT2D eigenvalue weighted by molar-refractivity contribution is 7.99. The predicted molar refractivity (Wildman–Crippen MR) is 171 cm³/mol. The van der Waals surface area contributed by atoms with Gasteiger partial charge in [-0.15, -0.1) is 11.3 Å². The summed E-state index contributed by atoms with van der Waals surface area (Å²) in [5.41, 5.74) is 8.77. The van der Waals surface area contributed by atoms with Crippen molar-refractivity contribution in [3.8, 4) is 16.9 Å². The molecule has 1 aliphatic rings. The van der Waals surface area contributed by atoms with Crippen LogP contribution in [0, 0.1) is 0 Å². The van der Waals surface area contributed by atoms with Crippen LogP contribution in [0.4, 0.5) is 0 Å². The zero-order valence-corrected chi connectivity index (χ0v) is 25.0. The van der Waals surface area contributed by atoms with E-state index in [0.717, 1.165) is 46.9 Å². The maximum absolute atomic E-state index is 13.0. The number of nitrogens with zero attached hydrogens (tertiary/aromatic N) is 2. The number of benzene rings is 3. The minimum absolute atomic E-state index is 0.0592. The third kappa shape index (κ3) is 6.59. The summed E-state index contributed by atoms with van der Waals surface area (Å²) in [7, 11) is 0. The van der Waals surface area contributed by atoms with Crippen LogP contribution < -0.4 is 15.7 Å². The molecule has 0 bridgehead atoms. The van der Waals surface area contributed by atoms with E-state index in [4.69, 9.17) is 16.3 Å². The molecule has 42 heavy (non-hydrogen) atoms. The minimum atomic E-state index is -0.306. The number of aromatic nitrogens is 2. The fourth-order valence-corrected chi connectivity index (χ4v) is 6.73. The Kier molecular flexibility index (Phi) is 8.69. The Labute approximate surface area is 256 Å². The van der Waals surface area contributed by atoms with E-state index in [1.54, 1.807) is 6.21 Å². The van der Waals surface area contributed by atoms with Gasteiger partial charge in [-0.25, -0.2) is 10.4 Å². The number of thiophene rings is 1. The zero-order valence-electron chi connectivity index (χ0n) is 22.6. The molecule has 0 aliphatic heterocycles. The Balaban J connectivity index is 1.02. The molecule has 0 spiro atoms. The Morgan fingerprint density at radius 1 is 1.10 bits per heavy atom. The molecule has 0 saturated carbocycles. The number of aromatic amines is 1. The van der Waals surface area contributed by atoms with Gasteiger partial charge in [0.2, 0.25) is 0 Å². The number of halogens is 1. The highest BCUT2D eigenvalue weighted by Crippen LogP contribution is 2.34. The molecule has 6 rings (SSSR count). The molecular formula is C32H27ClN4O3S2. The van der Waals surface area contributed by atoms with Crippen LogP contribution in [0.25, 0.3) is 21.3 Å². The lowest BCUT2D eigenvalue weighted by Crippen LogP contribution is -2.20. The Morgan fingerprint density at radius 2 is 1.90 bits per heavy atom. The highest BCUT2D eigenvalue weighted by atomic mass is 35.5. The van der Waals surface area contributed by atoms with Gasteiger partial charge in [0.05, 0.1) is 17.4 Å². The lowest BCUT2D eigenvalue weighted by molar-refractivity contribution is -0.118. The van der Waals surface area contributed by atoms with Gasteiger partial charge in [-0.3, -0.25) is 9.59 Å². The van der Waals surface area contributed by atoms with E-state index in [1.807, 2.05) is 53.9 Å². The molecule has 5 aromatic rings. The number of hydrazone groups is 1. The SMILES string of the molecule is O=C(CSc1nc2scc(-c3ccc4c(c3)CCCC4)c2c(=O)[nH]1)N/N=C/c1ccc(OCc2ccccc2Cl)cc1. The smallest absolute Gasteiger partial charge is 0.260 e. The van der Waals surface area contributed by atoms with Crippen LogP contribution in [0.3, 0.4) is 0 Å². The summed E-state index contributed by atoms with van der Waals surface area (Å²) in [5.74, 6) is 0.454. The van der Waals surface area contributed by atoms with Crippen molar-refractivity contribution < 1.29 is 9.53 Å². The maximum Gasteiger partial charge on any atom is 0.260 e. The first kappa shape index (κ1) is 28.2. The van der Waals surface area contributed by atoms with Crippen molar-refractivity contribution in [2.24, 2.45) is 5.10 Å². The van der Waals surface area contributed by atoms with Crippen LogP contribution in [0.15, 0.2) is 87.2 Å². The third-order valence-electron chi connectivity index (χ3n) is 7.06. The van der Waals surface area contributed by atoms with Gasteiger partial charge in [0.25, 0.3) is 11.5 Å². The number of rotatable bonds is 9. The van der Waals surface area contributed by atoms with Crippen LogP contribution in [-0.4, -0.2) is 27.8 Å². The first-order valence-corrected chi connectivity index (χ1v) is 15.8.